The lowest BCUT2D eigenvalue weighted by atomic mass is 10.0. The molecule has 0 radical (unpaired) electrons. The van der Waals surface area contributed by atoms with Gasteiger partial charge in [0.05, 0.1) is 12.3 Å². The lowest BCUT2D eigenvalue weighted by Crippen LogP contribution is -2.45. The minimum Gasteiger partial charge on any atom is -0.494 e. The van der Waals surface area contributed by atoms with Gasteiger partial charge >= 0.3 is 6.18 Å². The van der Waals surface area contributed by atoms with Gasteiger partial charge in [0.25, 0.3) is 0 Å². The van der Waals surface area contributed by atoms with E-state index in [1.165, 1.54) is 17.9 Å². The Bertz CT molecular complexity index is 632. The molecule has 1 amide bonds. The number of rotatable bonds is 9. The molecule has 28 heavy (non-hydrogen) atoms. The number of ether oxygens (including phenoxy) is 2. The number of hydrogen-bond acceptors (Lipinski definition) is 4. The summed E-state index contributed by atoms with van der Waals surface area (Å²) in [6, 6.07) is 4.69. The van der Waals surface area contributed by atoms with Gasteiger partial charge in [-0.25, -0.2) is 0 Å². The van der Waals surface area contributed by atoms with Gasteiger partial charge in [-0.05, 0) is 37.9 Å². The first kappa shape index (κ1) is 22.3. The maximum absolute atomic E-state index is 12.6. The zero-order valence-corrected chi connectivity index (χ0v) is 16.5. The molecule has 1 unspecified atom stereocenters. The molecule has 0 bridgehead atoms. The van der Waals surface area contributed by atoms with Gasteiger partial charge in [-0.15, -0.1) is 0 Å². The first-order chi connectivity index (χ1) is 13.3. The average molecular weight is 402 g/mol. The van der Waals surface area contributed by atoms with Gasteiger partial charge in [0.2, 0.25) is 5.91 Å². The summed E-state index contributed by atoms with van der Waals surface area (Å²) in [7, 11) is 0. The Morgan fingerprint density at radius 3 is 2.68 bits per heavy atom. The third kappa shape index (κ3) is 7.22. The minimum absolute atomic E-state index is 0.0196. The topological polar surface area (TPSA) is 50.8 Å². The van der Waals surface area contributed by atoms with Crippen molar-refractivity contribution in [3.63, 3.8) is 0 Å². The van der Waals surface area contributed by atoms with Crippen LogP contribution in [-0.2, 0) is 4.79 Å². The van der Waals surface area contributed by atoms with E-state index in [4.69, 9.17) is 9.47 Å². The minimum atomic E-state index is -4.46. The molecule has 5 nitrogen and oxygen atoms in total. The van der Waals surface area contributed by atoms with Crippen LogP contribution in [0.1, 0.15) is 46.0 Å². The van der Waals surface area contributed by atoms with Crippen LogP contribution in [-0.4, -0.2) is 44.4 Å². The first-order valence-electron chi connectivity index (χ1n) is 9.78. The number of carbonyl (C=O) groups excluding carboxylic acids is 1. The van der Waals surface area contributed by atoms with Gasteiger partial charge in [-0.3, -0.25) is 4.79 Å². The van der Waals surface area contributed by atoms with E-state index in [0.717, 1.165) is 38.6 Å². The fourth-order valence-corrected chi connectivity index (χ4v) is 3.11. The number of nitrogens with one attached hydrogen (secondary N) is 1. The molecule has 1 saturated heterocycles. The van der Waals surface area contributed by atoms with Crippen molar-refractivity contribution < 1.29 is 27.4 Å². The summed E-state index contributed by atoms with van der Waals surface area (Å²) >= 11 is 0. The van der Waals surface area contributed by atoms with Crippen LogP contribution in [0.2, 0.25) is 0 Å². The summed E-state index contributed by atoms with van der Waals surface area (Å²) in [5.41, 5.74) is 0.304. The van der Waals surface area contributed by atoms with E-state index in [1.54, 1.807) is 12.1 Å². The van der Waals surface area contributed by atoms with E-state index in [2.05, 4.69) is 5.32 Å². The van der Waals surface area contributed by atoms with E-state index in [9.17, 15) is 18.0 Å². The van der Waals surface area contributed by atoms with Gasteiger partial charge in [-0.1, -0.05) is 19.8 Å². The van der Waals surface area contributed by atoms with Crippen LogP contribution in [0.5, 0.6) is 11.5 Å². The standard InChI is InChI=1S/C20H29F3N2O3/c1-3-4-11-27-17-8-9-19(28-14-20(21,22)23)18(12-17)25(15(2)26)13-16-7-5-6-10-24-16/h8-9,12,16,24H,3-7,10-11,13-14H2,1-2H3. The molecule has 1 atom stereocenters. The largest absolute Gasteiger partial charge is 0.494 e. The number of hydrogen-bond donors (Lipinski definition) is 1. The highest BCUT2D eigenvalue weighted by Crippen LogP contribution is 2.34. The number of benzene rings is 1. The quantitative estimate of drug-likeness (QED) is 0.626. The van der Waals surface area contributed by atoms with Crippen LogP contribution in [0.3, 0.4) is 0 Å². The molecule has 1 fully saturated rings. The van der Waals surface area contributed by atoms with Gasteiger partial charge in [0.1, 0.15) is 11.5 Å². The average Bonchev–Trinajstić information content (AvgIpc) is 2.65. The Labute approximate surface area is 164 Å². The molecular formula is C20H29F3N2O3. The van der Waals surface area contributed by atoms with Crippen molar-refractivity contribution >= 4 is 11.6 Å². The van der Waals surface area contributed by atoms with Gasteiger partial charge in [0.15, 0.2) is 6.61 Å². The summed E-state index contributed by atoms with van der Waals surface area (Å²) in [4.78, 5) is 13.8. The number of halogens is 3. The molecule has 1 aromatic carbocycles. The first-order valence-corrected chi connectivity index (χ1v) is 9.78. The second-order valence-corrected chi connectivity index (χ2v) is 7.01. The number of carbonyl (C=O) groups is 1. The highest BCUT2D eigenvalue weighted by Gasteiger charge is 2.30. The smallest absolute Gasteiger partial charge is 0.422 e. The SMILES string of the molecule is CCCCOc1ccc(OCC(F)(F)F)c(N(CC2CCCCN2)C(C)=O)c1. The second kappa shape index (κ2) is 10.5. The Hall–Kier alpha value is -1.96. The fourth-order valence-electron chi connectivity index (χ4n) is 3.11. The van der Waals surface area contributed by atoms with Crippen LogP contribution in [0.25, 0.3) is 0 Å². The van der Waals surface area contributed by atoms with Crippen molar-refractivity contribution in [2.45, 2.75) is 58.2 Å². The van der Waals surface area contributed by atoms with E-state index in [1.807, 2.05) is 6.92 Å². The highest BCUT2D eigenvalue weighted by atomic mass is 19.4. The maximum atomic E-state index is 12.6. The molecular weight excluding hydrogens is 373 g/mol. The molecule has 1 heterocycles. The molecule has 158 valence electrons. The number of unbranched alkanes of at least 4 members (excludes halogenated alkanes) is 1. The normalized spacial score (nSPS) is 17.2. The maximum Gasteiger partial charge on any atom is 0.422 e. The van der Waals surface area contributed by atoms with Crippen LogP contribution < -0.4 is 19.7 Å². The van der Waals surface area contributed by atoms with Crippen LogP contribution in [0, 0.1) is 0 Å². The van der Waals surface area contributed by atoms with Crippen LogP contribution in [0.4, 0.5) is 18.9 Å². The van der Waals surface area contributed by atoms with Gasteiger partial charge in [-0.2, -0.15) is 13.2 Å². The lowest BCUT2D eigenvalue weighted by Gasteiger charge is -2.31. The van der Waals surface area contributed by atoms with E-state index in [0.29, 0.717) is 24.6 Å². The molecule has 1 aromatic rings. The van der Waals surface area contributed by atoms with E-state index in [-0.39, 0.29) is 17.7 Å². The second-order valence-electron chi connectivity index (χ2n) is 7.01. The molecule has 0 spiro atoms. The predicted octanol–water partition coefficient (Wildman–Crippen LogP) is 4.30. The van der Waals surface area contributed by atoms with Gasteiger partial charge in [0, 0.05) is 25.6 Å². The molecule has 0 aliphatic carbocycles. The van der Waals surface area contributed by atoms with Crippen molar-refractivity contribution in [3.8, 4) is 11.5 Å². The molecule has 1 aliphatic heterocycles. The Kier molecular flexibility index (Phi) is 8.41. The zero-order valence-electron chi connectivity index (χ0n) is 16.5. The fraction of sp³-hybridized carbons (Fsp3) is 0.650. The monoisotopic (exact) mass is 402 g/mol. The van der Waals surface area contributed by atoms with E-state index < -0.39 is 12.8 Å². The Morgan fingerprint density at radius 1 is 1.29 bits per heavy atom. The van der Waals surface area contributed by atoms with Crippen molar-refractivity contribution in [1.82, 2.24) is 5.32 Å². The molecule has 8 heteroatoms. The highest BCUT2D eigenvalue weighted by molar-refractivity contribution is 5.93. The predicted molar refractivity (Wildman–Crippen MR) is 102 cm³/mol. The Balaban J connectivity index is 2.26. The molecule has 2 rings (SSSR count). The van der Waals surface area contributed by atoms with E-state index >= 15 is 0 Å². The summed E-state index contributed by atoms with van der Waals surface area (Å²) in [6.07, 6.45) is 0.420. The van der Waals surface area contributed by atoms with Crippen molar-refractivity contribution in [1.29, 1.82) is 0 Å². The summed E-state index contributed by atoms with van der Waals surface area (Å²) in [5, 5.41) is 3.36. The van der Waals surface area contributed by atoms with Crippen molar-refractivity contribution in [2.75, 3.05) is 31.2 Å². The lowest BCUT2D eigenvalue weighted by molar-refractivity contribution is -0.153. The van der Waals surface area contributed by atoms with Gasteiger partial charge < -0.3 is 19.7 Å². The van der Waals surface area contributed by atoms with Crippen LogP contribution >= 0.6 is 0 Å². The molecule has 0 aromatic heterocycles. The number of nitrogens with zero attached hydrogens (tertiary/aromatic N) is 1. The summed E-state index contributed by atoms with van der Waals surface area (Å²) in [6.45, 7) is 3.77. The number of anilines is 1. The number of amides is 1. The Morgan fingerprint density at radius 2 is 2.07 bits per heavy atom. The zero-order chi connectivity index (χ0) is 20.6. The summed E-state index contributed by atoms with van der Waals surface area (Å²) in [5.74, 6) is 0.270. The number of alkyl halides is 3. The third-order valence-corrected chi connectivity index (χ3v) is 4.57. The van der Waals surface area contributed by atoms with Crippen molar-refractivity contribution in [2.24, 2.45) is 0 Å². The third-order valence-electron chi connectivity index (χ3n) is 4.57. The summed E-state index contributed by atoms with van der Waals surface area (Å²) < 4.78 is 48.6. The van der Waals surface area contributed by atoms with Crippen molar-refractivity contribution in [3.05, 3.63) is 18.2 Å². The van der Waals surface area contributed by atoms with Crippen LogP contribution in [0.15, 0.2) is 18.2 Å². The number of piperidine rings is 1. The molecule has 0 saturated carbocycles. The molecule has 1 N–H and O–H groups in total. The molecule has 1 aliphatic rings.